The Morgan fingerprint density at radius 2 is 1.85 bits per heavy atom. The van der Waals surface area contributed by atoms with Crippen LogP contribution in [0.15, 0.2) is 66.0 Å². The van der Waals surface area contributed by atoms with E-state index < -0.39 is 5.97 Å². The van der Waals surface area contributed by atoms with Gasteiger partial charge in [-0.15, -0.1) is 11.3 Å². The molecule has 1 heterocycles. The summed E-state index contributed by atoms with van der Waals surface area (Å²) < 4.78 is 5.46. The number of benzene rings is 2. The van der Waals surface area contributed by atoms with Crippen LogP contribution in [0.3, 0.4) is 0 Å². The van der Waals surface area contributed by atoms with Crippen LogP contribution in [0, 0.1) is 6.92 Å². The first-order chi connectivity index (χ1) is 12.6. The minimum absolute atomic E-state index is 0.154. The molecule has 1 aromatic heterocycles. The maximum Gasteiger partial charge on any atom is 0.340 e. The molecule has 0 spiro atoms. The molecule has 0 aliphatic carbocycles. The van der Waals surface area contributed by atoms with Gasteiger partial charge in [-0.25, -0.2) is 4.79 Å². The number of aryl methyl sites for hydroxylation is 1. The van der Waals surface area contributed by atoms with E-state index in [1.54, 1.807) is 37.4 Å². The summed E-state index contributed by atoms with van der Waals surface area (Å²) in [6.45, 7) is 2.18. The quantitative estimate of drug-likeness (QED) is 0.616. The maximum absolute atomic E-state index is 12.6. The SMILES string of the molecule is Cc1cccc(COC(=O)c2ccccc2N(C)C(=O)c2cccs2)c1. The monoisotopic (exact) mass is 365 g/mol. The molecule has 0 saturated carbocycles. The topological polar surface area (TPSA) is 46.6 Å². The molecule has 26 heavy (non-hydrogen) atoms. The average Bonchev–Trinajstić information content (AvgIpc) is 3.20. The molecule has 0 unspecified atom stereocenters. The van der Waals surface area contributed by atoms with Crippen molar-refractivity contribution in [2.75, 3.05) is 11.9 Å². The molecule has 1 amide bonds. The van der Waals surface area contributed by atoms with Crippen molar-refractivity contribution in [2.24, 2.45) is 0 Å². The Balaban J connectivity index is 1.78. The van der Waals surface area contributed by atoms with E-state index in [0.717, 1.165) is 11.1 Å². The van der Waals surface area contributed by atoms with Crippen molar-refractivity contribution >= 4 is 28.9 Å². The van der Waals surface area contributed by atoms with Gasteiger partial charge in [0.05, 0.1) is 16.1 Å². The predicted molar refractivity (Wildman–Crippen MR) is 104 cm³/mol. The molecule has 132 valence electrons. The van der Waals surface area contributed by atoms with Crippen LogP contribution in [0.2, 0.25) is 0 Å². The number of esters is 1. The normalized spacial score (nSPS) is 10.4. The van der Waals surface area contributed by atoms with E-state index in [-0.39, 0.29) is 12.5 Å². The van der Waals surface area contributed by atoms with E-state index in [4.69, 9.17) is 4.74 Å². The Morgan fingerprint density at radius 1 is 1.04 bits per heavy atom. The Morgan fingerprint density at radius 3 is 2.58 bits per heavy atom. The van der Waals surface area contributed by atoms with Crippen LogP contribution in [-0.4, -0.2) is 18.9 Å². The summed E-state index contributed by atoms with van der Waals surface area (Å²) in [5, 5.41) is 1.85. The molecule has 2 aromatic carbocycles. The molecule has 0 bridgehead atoms. The first-order valence-electron chi connectivity index (χ1n) is 8.19. The molecule has 4 nitrogen and oxygen atoms in total. The summed E-state index contributed by atoms with van der Waals surface area (Å²) in [5.41, 5.74) is 2.94. The van der Waals surface area contributed by atoms with Crippen molar-refractivity contribution in [3.8, 4) is 0 Å². The number of hydrogen-bond donors (Lipinski definition) is 0. The smallest absolute Gasteiger partial charge is 0.340 e. The zero-order chi connectivity index (χ0) is 18.5. The molecule has 3 aromatic rings. The van der Waals surface area contributed by atoms with Crippen LogP contribution >= 0.6 is 11.3 Å². The minimum atomic E-state index is -0.451. The van der Waals surface area contributed by atoms with E-state index >= 15 is 0 Å². The first-order valence-corrected chi connectivity index (χ1v) is 9.07. The minimum Gasteiger partial charge on any atom is -0.457 e. The van der Waals surface area contributed by atoms with Crippen molar-refractivity contribution in [3.63, 3.8) is 0 Å². The Kier molecular flexibility index (Phi) is 5.49. The second-order valence-electron chi connectivity index (χ2n) is 5.92. The maximum atomic E-state index is 12.6. The van der Waals surface area contributed by atoms with Crippen molar-refractivity contribution in [2.45, 2.75) is 13.5 Å². The van der Waals surface area contributed by atoms with Gasteiger partial charge < -0.3 is 9.64 Å². The average molecular weight is 365 g/mol. The van der Waals surface area contributed by atoms with Gasteiger partial charge in [-0.3, -0.25) is 4.79 Å². The fourth-order valence-electron chi connectivity index (χ4n) is 2.64. The summed E-state index contributed by atoms with van der Waals surface area (Å²) >= 11 is 1.37. The van der Waals surface area contributed by atoms with Crippen LogP contribution < -0.4 is 4.90 Å². The zero-order valence-corrected chi connectivity index (χ0v) is 15.5. The molecule has 0 fully saturated rings. The second-order valence-corrected chi connectivity index (χ2v) is 6.87. The van der Waals surface area contributed by atoms with E-state index in [9.17, 15) is 9.59 Å². The lowest BCUT2D eigenvalue weighted by Gasteiger charge is -2.19. The van der Waals surface area contributed by atoms with Crippen LogP contribution in [0.1, 0.15) is 31.2 Å². The largest absolute Gasteiger partial charge is 0.457 e. The molecule has 0 saturated heterocycles. The van der Waals surface area contributed by atoms with Gasteiger partial charge in [-0.1, -0.05) is 48.0 Å². The van der Waals surface area contributed by atoms with Gasteiger partial charge in [0.15, 0.2) is 0 Å². The van der Waals surface area contributed by atoms with E-state index in [1.165, 1.54) is 16.2 Å². The third-order valence-corrected chi connectivity index (χ3v) is 4.83. The number of ether oxygens (including phenoxy) is 1. The van der Waals surface area contributed by atoms with Crippen molar-refractivity contribution in [3.05, 3.63) is 87.6 Å². The molecule has 0 radical (unpaired) electrons. The lowest BCUT2D eigenvalue weighted by atomic mass is 10.1. The molecule has 0 N–H and O–H groups in total. The predicted octanol–water partition coefficient (Wildman–Crippen LogP) is 4.69. The summed E-state index contributed by atoms with van der Waals surface area (Å²) in [6, 6.07) is 18.4. The lowest BCUT2D eigenvalue weighted by molar-refractivity contribution is 0.0473. The molecular weight excluding hydrogens is 346 g/mol. The number of nitrogens with zero attached hydrogens (tertiary/aromatic N) is 1. The van der Waals surface area contributed by atoms with Gasteiger partial charge >= 0.3 is 5.97 Å². The standard InChI is InChI=1S/C21H19NO3S/c1-15-7-5-8-16(13-15)14-25-21(24)17-9-3-4-10-18(17)22(2)20(23)19-11-6-12-26-19/h3-13H,14H2,1-2H3. The van der Waals surface area contributed by atoms with Crippen LogP contribution in [0.4, 0.5) is 5.69 Å². The fraction of sp³-hybridized carbons (Fsp3) is 0.143. The van der Waals surface area contributed by atoms with Crippen molar-refractivity contribution in [1.82, 2.24) is 0 Å². The first kappa shape index (κ1) is 17.9. The molecule has 0 aliphatic heterocycles. The summed E-state index contributed by atoms with van der Waals surface area (Å²) in [4.78, 5) is 27.3. The number of amides is 1. The molecular formula is C21H19NO3S. The molecule has 0 atom stereocenters. The van der Waals surface area contributed by atoms with Gasteiger partial charge in [0, 0.05) is 7.05 Å². The van der Waals surface area contributed by atoms with Gasteiger partial charge in [0.1, 0.15) is 6.61 Å². The number of carbonyl (C=O) groups excluding carboxylic acids is 2. The second kappa shape index (κ2) is 7.97. The van der Waals surface area contributed by atoms with Crippen molar-refractivity contribution < 1.29 is 14.3 Å². The third-order valence-electron chi connectivity index (χ3n) is 3.97. The van der Waals surface area contributed by atoms with Gasteiger partial charge in [0.25, 0.3) is 5.91 Å². The molecule has 0 aliphatic rings. The molecule has 3 rings (SSSR count). The fourth-order valence-corrected chi connectivity index (χ4v) is 3.34. The number of thiophene rings is 1. The van der Waals surface area contributed by atoms with Gasteiger partial charge in [0.2, 0.25) is 0 Å². The number of para-hydroxylation sites is 1. The zero-order valence-electron chi connectivity index (χ0n) is 14.6. The summed E-state index contributed by atoms with van der Waals surface area (Å²) in [6.07, 6.45) is 0. The molecule has 5 heteroatoms. The van der Waals surface area contributed by atoms with Gasteiger partial charge in [-0.05, 0) is 36.1 Å². The Bertz CT molecular complexity index is 919. The van der Waals surface area contributed by atoms with Gasteiger partial charge in [-0.2, -0.15) is 0 Å². The van der Waals surface area contributed by atoms with E-state index in [0.29, 0.717) is 16.1 Å². The van der Waals surface area contributed by atoms with Crippen molar-refractivity contribution in [1.29, 1.82) is 0 Å². The Hall–Kier alpha value is -2.92. The van der Waals surface area contributed by atoms with E-state index in [1.807, 2.05) is 42.6 Å². The van der Waals surface area contributed by atoms with Crippen LogP contribution in [0.25, 0.3) is 0 Å². The highest BCUT2D eigenvalue weighted by molar-refractivity contribution is 7.12. The highest BCUT2D eigenvalue weighted by atomic mass is 32.1. The number of anilines is 1. The lowest BCUT2D eigenvalue weighted by Crippen LogP contribution is -2.27. The number of hydrogen-bond acceptors (Lipinski definition) is 4. The third kappa shape index (κ3) is 4.00. The number of carbonyl (C=O) groups is 2. The summed E-state index contributed by atoms with van der Waals surface area (Å²) in [7, 11) is 1.66. The van der Waals surface area contributed by atoms with E-state index in [2.05, 4.69) is 0 Å². The van der Waals surface area contributed by atoms with Crippen LogP contribution in [-0.2, 0) is 11.3 Å². The Labute approximate surface area is 156 Å². The number of rotatable bonds is 5. The highest BCUT2D eigenvalue weighted by Crippen LogP contribution is 2.23. The summed E-state index contributed by atoms with van der Waals surface area (Å²) in [5.74, 6) is -0.605. The highest BCUT2D eigenvalue weighted by Gasteiger charge is 2.21. The van der Waals surface area contributed by atoms with Crippen LogP contribution in [0.5, 0.6) is 0 Å².